The number of nitrogens with one attached hydrogen (secondary N) is 1. The Balaban J connectivity index is 0.000000845. The van der Waals surface area contributed by atoms with E-state index in [9.17, 15) is 8.76 Å². The van der Waals surface area contributed by atoms with E-state index in [-0.39, 0.29) is 20.3 Å². The zero-order valence-electron chi connectivity index (χ0n) is 8.32. The largest absolute Gasteiger partial charge is 1.00 e. The normalized spacial score (nSPS) is 21.8. The predicted octanol–water partition coefficient (Wildman–Crippen LogP) is -2.31. The van der Waals surface area contributed by atoms with Gasteiger partial charge in [0.1, 0.15) is 0 Å². The summed E-state index contributed by atoms with van der Waals surface area (Å²) in [7, 11) is 0. The summed E-state index contributed by atoms with van der Waals surface area (Å²) >= 11 is -2.10. The summed E-state index contributed by atoms with van der Waals surface area (Å²) in [5.41, 5.74) is 1.16. The van der Waals surface area contributed by atoms with E-state index in [0.717, 1.165) is 12.1 Å². The Morgan fingerprint density at radius 3 is 2.38 bits per heavy atom. The van der Waals surface area contributed by atoms with Gasteiger partial charge in [0.05, 0.1) is 0 Å². The Labute approximate surface area is 92.9 Å². The first-order chi connectivity index (χ1) is 5.77. The van der Waals surface area contributed by atoms with Crippen molar-refractivity contribution in [1.82, 2.24) is 5.32 Å². The van der Waals surface area contributed by atoms with Gasteiger partial charge in [0.2, 0.25) is 0 Å². The number of hydrogen-bond donors (Lipinski definition) is 1. The maximum absolute atomic E-state index is 10.5. The van der Waals surface area contributed by atoms with Gasteiger partial charge in [-0.1, -0.05) is 12.1 Å². The van der Waals surface area contributed by atoms with E-state index < -0.39 is 11.1 Å². The van der Waals surface area contributed by atoms with Gasteiger partial charge < -0.3 is 11.3 Å². The molecule has 2 atom stereocenters. The molecule has 0 saturated carbocycles. The molecule has 1 aromatic carbocycles. The fourth-order valence-electron chi connectivity index (χ4n) is 1.11. The summed E-state index contributed by atoms with van der Waals surface area (Å²) in [5, 5.41) is 3.15. The minimum atomic E-state index is -2.10. The molecule has 0 spiro atoms. The van der Waals surface area contributed by atoms with Crippen LogP contribution in [0.5, 0.6) is 0 Å². The van der Waals surface area contributed by atoms with Crippen LogP contribution in [0.4, 0.5) is 0 Å². The third kappa shape index (κ3) is 2.66. The van der Waals surface area contributed by atoms with E-state index >= 15 is 0 Å². The quantitative estimate of drug-likeness (QED) is 0.323. The molecule has 2 unspecified atom stereocenters. The molecule has 0 amide bonds. The molecular formula is C8H9LiNO2S-. The van der Waals surface area contributed by atoms with Crippen LogP contribution in [0.3, 0.4) is 0 Å². The molecule has 5 heteroatoms. The van der Waals surface area contributed by atoms with Crippen molar-refractivity contribution in [2.45, 2.75) is 10.9 Å². The van der Waals surface area contributed by atoms with E-state index in [0.29, 0.717) is 10.9 Å². The smallest absolute Gasteiger partial charge is 1.00 e. The standard InChI is InChI=1S/C8H9NO2S.Li.H/c10-12(11)7-3-1-6(2-4-7)8-5-9-8;;/h1-4,8-9H,5H2,(H,10,11);;/q;+1;-1/p-1. The van der Waals surface area contributed by atoms with E-state index in [1.165, 1.54) is 0 Å². The first kappa shape index (κ1) is 11.0. The van der Waals surface area contributed by atoms with Crippen molar-refractivity contribution in [2.24, 2.45) is 0 Å². The summed E-state index contributed by atoms with van der Waals surface area (Å²) in [4.78, 5) is 0.347. The molecular weight excluding hydrogens is 181 g/mol. The number of hydrogen-bond acceptors (Lipinski definition) is 3. The summed E-state index contributed by atoms with van der Waals surface area (Å²) in [6.45, 7) is 1.000. The van der Waals surface area contributed by atoms with E-state index in [2.05, 4.69) is 5.32 Å². The van der Waals surface area contributed by atoms with Crippen LogP contribution in [0.25, 0.3) is 0 Å². The molecule has 1 fully saturated rings. The van der Waals surface area contributed by atoms with Crippen molar-refractivity contribution >= 4 is 11.1 Å². The molecule has 1 N–H and O–H groups in total. The van der Waals surface area contributed by atoms with Crippen LogP contribution in [-0.4, -0.2) is 15.3 Å². The van der Waals surface area contributed by atoms with Crippen molar-refractivity contribution in [3.63, 3.8) is 0 Å². The molecule has 0 radical (unpaired) electrons. The zero-order valence-corrected chi connectivity index (χ0v) is 8.14. The predicted molar refractivity (Wildman–Crippen MR) is 45.5 cm³/mol. The van der Waals surface area contributed by atoms with E-state index in [1.54, 1.807) is 12.1 Å². The molecule has 0 aromatic heterocycles. The second-order valence-electron chi connectivity index (χ2n) is 2.76. The fourth-order valence-corrected chi connectivity index (χ4v) is 1.46. The van der Waals surface area contributed by atoms with Crippen LogP contribution >= 0.6 is 0 Å². The summed E-state index contributed by atoms with van der Waals surface area (Å²) in [6, 6.07) is 7.38. The average molecular weight is 190 g/mol. The van der Waals surface area contributed by atoms with Crippen LogP contribution in [0.1, 0.15) is 13.0 Å². The average Bonchev–Trinajstić information content (AvgIpc) is 2.87. The molecule has 2 rings (SSSR count). The van der Waals surface area contributed by atoms with Crippen molar-refractivity contribution < 1.29 is 29.0 Å². The molecule has 1 aromatic rings. The van der Waals surface area contributed by atoms with Gasteiger partial charge in [-0.25, -0.2) is 0 Å². The molecule has 1 heterocycles. The molecule has 66 valence electrons. The fraction of sp³-hybridized carbons (Fsp3) is 0.250. The van der Waals surface area contributed by atoms with Gasteiger partial charge in [-0.15, -0.1) is 0 Å². The van der Waals surface area contributed by atoms with Crippen LogP contribution in [0.2, 0.25) is 0 Å². The Hall–Kier alpha value is -0.113. The Morgan fingerprint density at radius 2 is 2.00 bits per heavy atom. The van der Waals surface area contributed by atoms with Gasteiger partial charge in [-0.2, -0.15) is 0 Å². The summed E-state index contributed by atoms with van der Waals surface area (Å²) in [6.07, 6.45) is 0. The van der Waals surface area contributed by atoms with Gasteiger partial charge in [0, 0.05) is 17.5 Å². The molecule has 1 aliphatic heterocycles. The van der Waals surface area contributed by atoms with Crippen molar-refractivity contribution in [1.29, 1.82) is 0 Å². The summed E-state index contributed by atoms with van der Waals surface area (Å²) < 4.78 is 21.0. The Kier molecular flexibility index (Phi) is 3.71. The zero-order chi connectivity index (χ0) is 8.55. The summed E-state index contributed by atoms with van der Waals surface area (Å²) in [5.74, 6) is 0. The number of rotatable bonds is 2. The Morgan fingerprint density at radius 1 is 1.46 bits per heavy atom. The first-order valence-corrected chi connectivity index (χ1v) is 4.77. The SMILES string of the molecule is O=S([O-])c1ccc(C2CN2)cc1.[H-].[Li+]. The minimum Gasteiger partial charge on any atom is -1.00 e. The van der Waals surface area contributed by atoms with Crippen molar-refractivity contribution in [3.8, 4) is 0 Å². The molecule has 3 nitrogen and oxygen atoms in total. The topological polar surface area (TPSA) is 62.1 Å². The molecule has 1 saturated heterocycles. The third-order valence-electron chi connectivity index (χ3n) is 1.88. The van der Waals surface area contributed by atoms with E-state index in [4.69, 9.17) is 0 Å². The van der Waals surface area contributed by atoms with Gasteiger partial charge in [0.25, 0.3) is 0 Å². The molecule has 13 heavy (non-hydrogen) atoms. The van der Waals surface area contributed by atoms with Gasteiger partial charge in [-0.3, -0.25) is 4.21 Å². The minimum absolute atomic E-state index is 0. The maximum Gasteiger partial charge on any atom is 1.00 e. The van der Waals surface area contributed by atoms with Crippen LogP contribution < -0.4 is 24.2 Å². The molecule has 0 bridgehead atoms. The van der Waals surface area contributed by atoms with Crippen molar-refractivity contribution in [2.75, 3.05) is 6.54 Å². The van der Waals surface area contributed by atoms with Gasteiger partial charge in [0.15, 0.2) is 0 Å². The van der Waals surface area contributed by atoms with Gasteiger partial charge >= 0.3 is 18.9 Å². The third-order valence-corrected chi connectivity index (χ3v) is 2.54. The second-order valence-corrected chi connectivity index (χ2v) is 3.71. The monoisotopic (exact) mass is 190 g/mol. The van der Waals surface area contributed by atoms with Crippen LogP contribution in [0.15, 0.2) is 29.2 Å². The van der Waals surface area contributed by atoms with Crippen LogP contribution in [0, 0.1) is 0 Å². The molecule has 0 aliphatic carbocycles. The second kappa shape index (κ2) is 4.40. The van der Waals surface area contributed by atoms with Crippen molar-refractivity contribution in [3.05, 3.63) is 29.8 Å². The Bertz CT molecular complexity index is 316. The van der Waals surface area contributed by atoms with Crippen LogP contribution in [-0.2, 0) is 11.1 Å². The van der Waals surface area contributed by atoms with Gasteiger partial charge in [-0.05, 0) is 28.8 Å². The number of benzene rings is 1. The first-order valence-electron chi connectivity index (χ1n) is 3.70. The maximum atomic E-state index is 10.5. The van der Waals surface area contributed by atoms with E-state index in [1.807, 2.05) is 12.1 Å². The molecule has 1 aliphatic rings.